The van der Waals surface area contributed by atoms with Gasteiger partial charge in [-0.15, -0.1) is 0 Å². The van der Waals surface area contributed by atoms with Crippen LogP contribution in [0.15, 0.2) is 58.7 Å². The molecule has 1 amide bonds. The fraction of sp³-hybridized carbons (Fsp3) is 0.136. The maximum Gasteiger partial charge on any atom is 0.335 e. The summed E-state index contributed by atoms with van der Waals surface area (Å²) < 4.78 is 7.05. The minimum absolute atomic E-state index is 0.0314. The van der Waals surface area contributed by atoms with E-state index < -0.39 is 11.9 Å². The minimum atomic E-state index is -1.01. The van der Waals surface area contributed by atoms with Crippen molar-refractivity contribution < 1.29 is 19.1 Å². The number of nitrogens with zero attached hydrogens (tertiary/aromatic N) is 2. The molecular formula is C22H19N3O4. The van der Waals surface area contributed by atoms with Crippen molar-refractivity contribution in [1.29, 1.82) is 5.26 Å². The molecular weight excluding hydrogens is 370 g/mol. The third kappa shape index (κ3) is 4.28. The second kappa shape index (κ2) is 8.31. The number of benzene rings is 1. The first kappa shape index (κ1) is 19.7. The Kier molecular flexibility index (Phi) is 5.65. The summed E-state index contributed by atoms with van der Waals surface area (Å²) in [5.74, 6) is -0.914. The van der Waals surface area contributed by atoms with E-state index in [0.29, 0.717) is 17.0 Å². The molecule has 146 valence electrons. The quantitative estimate of drug-likeness (QED) is 0.494. The lowest BCUT2D eigenvalue weighted by Crippen LogP contribution is -2.23. The first-order valence-corrected chi connectivity index (χ1v) is 8.85. The minimum Gasteiger partial charge on any atom is -0.478 e. The van der Waals surface area contributed by atoms with Crippen LogP contribution >= 0.6 is 0 Å². The molecule has 3 rings (SSSR count). The van der Waals surface area contributed by atoms with Crippen LogP contribution in [0.2, 0.25) is 0 Å². The number of amides is 1. The van der Waals surface area contributed by atoms with Crippen molar-refractivity contribution in [3.8, 4) is 11.8 Å². The molecule has 0 atom stereocenters. The van der Waals surface area contributed by atoms with E-state index in [0.717, 1.165) is 11.4 Å². The zero-order valence-electron chi connectivity index (χ0n) is 16.0. The zero-order valence-corrected chi connectivity index (χ0v) is 16.0. The highest BCUT2D eigenvalue weighted by Gasteiger charge is 2.15. The highest BCUT2D eigenvalue weighted by Crippen LogP contribution is 2.23. The molecule has 0 saturated carbocycles. The summed E-state index contributed by atoms with van der Waals surface area (Å²) >= 11 is 0. The van der Waals surface area contributed by atoms with Gasteiger partial charge in [0.1, 0.15) is 17.4 Å². The summed E-state index contributed by atoms with van der Waals surface area (Å²) in [6, 6.07) is 13.8. The number of carbonyl (C=O) groups excluding carboxylic acids is 1. The van der Waals surface area contributed by atoms with Crippen LogP contribution in [-0.2, 0) is 11.3 Å². The molecule has 0 saturated heterocycles. The van der Waals surface area contributed by atoms with E-state index in [9.17, 15) is 20.0 Å². The summed E-state index contributed by atoms with van der Waals surface area (Å²) in [4.78, 5) is 23.6. The van der Waals surface area contributed by atoms with E-state index >= 15 is 0 Å². The third-order valence-electron chi connectivity index (χ3n) is 4.49. The second-order valence-corrected chi connectivity index (χ2v) is 6.45. The highest BCUT2D eigenvalue weighted by atomic mass is 16.4. The summed E-state index contributed by atoms with van der Waals surface area (Å²) in [6.45, 7) is 3.91. The molecule has 0 aliphatic rings. The van der Waals surface area contributed by atoms with Gasteiger partial charge in [-0.05, 0) is 61.9 Å². The number of aromatic nitrogens is 1. The van der Waals surface area contributed by atoms with Gasteiger partial charge in [-0.1, -0.05) is 6.07 Å². The Balaban J connectivity index is 1.90. The molecule has 0 radical (unpaired) electrons. The average molecular weight is 389 g/mol. The summed E-state index contributed by atoms with van der Waals surface area (Å²) in [7, 11) is 0. The van der Waals surface area contributed by atoms with Crippen molar-refractivity contribution in [1.82, 2.24) is 9.88 Å². The molecule has 2 N–H and O–H groups in total. The number of carboxylic acid groups (broad SMARTS) is 1. The number of nitriles is 1. The molecule has 29 heavy (non-hydrogen) atoms. The predicted molar refractivity (Wildman–Crippen MR) is 106 cm³/mol. The van der Waals surface area contributed by atoms with E-state index in [2.05, 4.69) is 5.32 Å². The maximum absolute atomic E-state index is 12.4. The SMILES string of the molecule is Cc1cc(/C=C(\C#N)C(=O)NCc2ccco2)c(C)n1-c1cccc(C(=O)O)c1. The van der Waals surface area contributed by atoms with Crippen LogP contribution in [0, 0.1) is 25.2 Å². The van der Waals surface area contributed by atoms with Gasteiger partial charge in [0.05, 0.1) is 18.4 Å². The van der Waals surface area contributed by atoms with Gasteiger partial charge in [0, 0.05) is 17.1 Å². The lowest BCUT2D eigenvalue weighted by Gasteiger charge is -2.10. The van der Waals surface area contributed by atoms with Crippen LogP contribution < -0.4 is 5.32 Å². The van der Waals surface area contributed by atoms with Crippen molar-refractivity contribution in [3.05, 3.63) is 82.6 Å². The Labute approximate surface area is 167 Å². The molecule has 0 aliphatic heterocycles. The predicted octanol–water partition coefficient (Wildman–Crippen LogP) is 3.61. The van der Waals surface area contributed by atoms with Gasteiger partial charge in [0.25, 0.3) is 5.91 Å². The Hall–Kier alpha value is -4.05. The maximum atomic E-state index is 12.4. The van der Waals surface area contributed by atoms with Crippen molar-refractivity contribution in [2.24, 2.45) is 0 Å². The van der Waals surface area contributed by atoms with Crippen LogP contribution in [0.5, 0.6) is 0 Å². The van der Waals surface area contributed by atoms with Gasteiger partial charge in [0.2, 0.25) is 0 Å². The Morgan fingerprint density at radius 1 is 1.24 bits per heavy atom. The van der Waals surface area contributed by atoms with Crippen LogP contribution in [0.25, 0.3) is 11.8 Å². The number of rotatable bonds is 6. The smallest absolute Gasteiger partial charge is 0.335 e. The molecule has 2 aromatic heterocycles. The average Bonchev–Trinajstić information content (AvgIpc) is 3.32. The van der Waals surface area contributed by atoms with Gasteiger partial charge >= 0.3 is 5.97 Å². The van der Waals surface area contributed by atoms with E-state index in [1.165, 1.54) is 18.4 Å². The topological polar surface area (TPSA) is 108 Å². The summed E-state index contributed by atoms with van der Waals surface area (Å²) in [6.07, 6.45) is 3.04. The molecule has 0 bridgehead atoms. The molecule has 1 aromatic carbocycles. The highest BCUT2D eigenvalue weighted by molar-refractivity contribution is 6.01. The Bertz CT molecular complexity index is 1130. The molecule has 0 spiro atoms. The fourth-order valence-electron chi connectivity index (χ4n) is 3.09. The molecule has 7 nitrogen and oxygen atoms in total. The van der Waals surface area contributed by atoms with E-state index in [-0.39, 0.29) is 17.7 Å². The molecule has 7 heteroatoms. The van der Waals surface area contributed by atoms with Gasteiger partial charge < -0.3 is 19.4 Å². The van der Waals surface area contributed by atoms with Crippen LogP contribution in [0.1, 0.15) is 33.1 Å². The molecule has 3 aromatic rings. The molecule has 0 fully saturated rings. The van der Waals surface area contributed by atoms with Gasteiger partial charge in [-0.25, -0.2) is 4.79 Å². The lowest BCUT2D eigenvalue weighted by atomic mass is 10.1. The van der Waals surface area contributed by atoms with Crippen molar-refractivity contribution in [2.45, 2.75) is 20.4 Å². The van der Waals surface area contributed by atoms with Crippen molar-refractivity contribution >= 4 is 18.0 Å². The number of carboxylic acids is 1. The zero-order chi connectivity index (χ0) is 21.0. The Morgan fingerprint density at radius 2 is 2.03 bits per heavy atom. The molecule has 0 aliphatic carbocycles. The monoisotopic (exact) mass is 389 g/mol. The van der Waals surface area contributed by atoms with Gasteiger partial charge in [-0.3, -0.25) is 4.79 Å². The number of hydrogen-bond donors (Lipinski definition) is 2. The van der Waals surface area contributed by atoms with Crippen molar-refractivity contribution in [3.63, 3.8) is 0 Å². The van der Waals surface area contributed by atoms with E-state index in [1.807, 2.05) is 30.6 Å². The Morgan fingerprint density at radius 3 is 2.69 bits per heavy atom. The number of aryl methyl sites for hydroxylation is 1. The standard InChI is InChI=1S/C22H19N3O4/c1-14-9-17(10-18(12-23)21(26)24-13-20-7-4-8-29-20)15(2)25(14)19-6-3-5-16(11-19)22(27)28/h3-11H,13H2,1-2H3,(H,24,26)(H,27,28)/b18-10+. The number of nitrogens with one attached hydrogen (secondary N) is 1. The summed E-state index contributed by atoms with van der Waals surface area (Å²) in [5, 5.41) is 21.3. The first-order valence-electron chi connectivity index (χ1n) is 8.85. The summed E-state index contributed by atoms with van der Waals surface area (Å²) in [5.41, 5.74) is 3.19. The lowest BCUT2D eigenvalue weighted by molar-refractivity contribution is -0.117. The second-order valence-electron chi connectivity index (χ2n) is 6.45. The largest absolute Gasteiger partial charge is 0.478 e. The first-order chi connectivity index (χ1) is 13.9. The number of furan rings is 1. The van der Waals surface area contributed by atoms with Crippen LogP contribution in [-0.4, -0.2) is 21.6 Å². The van der Waals surface area contributed by atoms with Gasteiger partial charge in [0.15, 0.2) is 0 Å². The fourth-order valence-corrected chi connectivity index (χ4v) is 3.09. The van der Waals surface area contributed by atoms with Crippen molar-refractivity contribution in [2.75, 3.05) is 0 Å². The van der Waals surface area contributed by atoms with Crippen LogP contribution in [0.3, 0.4) is 0 Å². The van der Waals surface area contributed by atoms with Crippen LogP contribution in [0.4, 0.5) is 0 Å². The third-order valence-corrected chi connectivity index (χ3v) is 4.49. The number of carbonyl (C=O) groups is 2. The van der Waals surface area contributed by atoms with E-state index in [4.69, 9.17) is 4.42 Å². The normalized spacial score (nSPS) is 11.1. The number of aromatic carboxylic acids is 1. The van der Waals surface area contributed by atoms with E-state index in [1.54, 1.807) is 30.3 Å². The number of hydrogen-bond acceptors (Lipinski definition) is 4. The molecule has 0 unspecified atom stereocenters. The van der Waals surface area contributed by atoms with Gasteiger partial charge in [-0.2, -0.15) is 5.26 Å². The molecule has 2 heterocycles.